The number of aryl methyl sites for hydroxylation is 1. The van der Waals surface area contributed by atoms with Gasteiger partial charge in [0.25, 0.3) is 15.9 Å². The van der Waals surface area contributed by atoms with Crippen molar-refractivity contribution in [3.63, 3.8) is 0 Å². The monoisotopic (exact) mass is 426 g/mol. The molecule has 0 saturated carbocycles. The lowest BCUT2D eigenvalue weighted by Gasteiger charge is -2.11. The first-order valence-corrected chi connectivity index (χ1v) is 10.2. The van der Waals surface area contributed by atoms with Crippen LogP contribution in [0.15, 0.2) is 70.3 Å². The van der Waals surface area contributed by atoms with E-state index in [9.17, 15) is 17.6 Å². The topological polar surface area (TPSA) is 114 Å². The number of benzene rings is 2. The maximum atomic E-state index is 13.9. The molecule has 0 radical (unpaired) electrons. The third kappa shape index (κ3) is 3.72. The largest absolute Gasteiger partial charge is 0.361 e. The average molecular weight is 426 g/mol. The summed E-state index contributed by atoms with van der Waals surface area (Å²) >= 11 is 0. The van der Waals surface area contributed by atoms with Crippen molar-refractivity contribution in [1.29, 1.82) is 0 Å². The molecule has 2 N–H and O–H groups in total. The molecule has 0 bridgehead atoms. The lowest BCUT2D eigenvalue weighted by atomic mass is 10.2. The highest BCUT2D eigenvalue weighted by molar-refractivity contribution is 7.93. The summed E-state index contributed by atoms with van der Waals surface area (Å²) in [5, 5.41) is 6.40. The summed E-state index contributed by atoms with van der Waals surface area (Å²) in [6.07, 6.45) is 2.71. The third-order valence-corrected chi connectivity index (χ3v) is 5.80. The Kier molecular flexibility index (Phi) is 4.92. The van der Waals surface area contributed by atoms with E-state index in [1.807, 2.05) is 0 Å². The Morgan fingerprint density at radius 3 is 2.50 bits per heavy atom. The molecule has 0 fully saturated rings. The number of anilines is 2. The Morgan fingerprint density at radius 2 is 1.80 bits per heavy atom. The molecule has 152 valence electrons. The van der Waals surface area contributed by atoms with Crippen molar-refractivity contribution in [2.45, 2.75) is 11.8 Å². The molecule has 0 aliphatic carbocycles. The minimum Gasteiger partial charge on any atom is -0.361 e. The number of nitrogens with one attached hydrogen (secondary N) is 2. The van der Waals surface area contributed by atoms with Crippen LogP contribution < -0.4 is 10.0 Å². The number of fused-ring (bicyclic) bond motifs is 1. The number of nitrogens with zero attached hydrogens (tertiary/aromatic N) is 2. The van der Waals surface area contributed by atoms with Crippen LogP contribution in [-0.4, -0.2) is 24.5 Å². The third-order valence-electron chi connectivity index (χ3n) is 4.36. The van der Waals surface area contributed by atoms with Gasteiger partial charge >= 0.3 is 0 Å². The predicted molar refractivity (Wildman–Crippen MR) is 108 cm³/mol. The summed E-state index contributed by atoms with van der Waals surface area (Å²) in [6, 6.07) is 11.4. The van der Waals surface area contributed by atoms with E-state index < -0.39 is 21.7 Å². The van der Waals surface area contributed by atoms with Crippen LogP contribution in [0.25, 0.3) is 10.9 Å². The van der Waals surface area contributed by atoms with Gasteiger partial charge in [-0.25, -0.2) is 12.8 Å². The molecule has 8 nitrogen and oxygen atoms in total. The number of pyridine rings is 1. The highest BCUT2D eigenvalue weighted by Gasteiger charge is 2.20. The first-order chi connectivity index (χ1) is 14.3. The summed E-state index contributed by atoms with van der Waals surface area (Å²) in [7, 11) is -4.00. The predicted octanol–water partition coefficient (Wildman–Crippen LogP) is 3.72. The summed E-state index contributed by atoms with van der Waals surface area (Å²) in [5.74, 6) is -0.613. The fraction of sp³-hybridized carbons (Fsp3) is 0.0500. The smallest absolute Gasteiger partial charge is 0.262 e. The second-order valence-electron chi connectivity index (χ2n) is 6.38. The molecule has 1 amide bonds. The number of hydrogen-bond acceptors (Lipinski definition) is 6. The molecule has 30 heavy (non-hydrogen) atoms. The molecule has 0 spiro atoms. The number of hydrogen-bond donors (Lipinski definition) is 2. The van der Waals surface area contributed by atoms with Crippen molar-refractivity contribution in [3.8, 4) is 0 Å². The summed E-state index contributed by atoms with van der Waals surface area (Å²) in [4.78, 5) is 16.0. The van der Waals surface area contributed by atoms with E-state index in [1.165, 1.54) is 42.7 Å². The molecule has 10 heteroatoms. The van der Waals surface area contributed by atoms with E-state index in [2.05, 4.69) is 20.2 Å². The van der Waals surface area contributed by atoms with Gasteiger partial charge in [0.05, 0.1) is 11.1 Å². The number of sulfonamides is 1. The highest BCUT2D eigenvalue weighted by atomic mass is 32.2. The zero-order valence-corrected chi connectivity index (χ0v) is 16.4. The minimum atomic E-state index is -4.00. The Balaban J connectivity index is 1.55. The van der Waals surface area contributed by atoms with Crippen molar-refractivity contribution in [2.24, 2.45) is 0 Å². The van der Waals surface area contributed by atoms with E-state index in [1.54, 1.807) is 19.1 Å². The van der Waals surface area contributed by atoms with Crippen LogP contribution in [0.2, 0.25) is 0 Å². The van der Waals surface area contributed by atoms with Crippen LogP contribution in [0, 0.1) is 12.7 Å². The van der Waals surface area contributed by atoms with Gasteiger partial charge in [0.1, 0.15) is 22.7 Å². The normalized spacial score (nSPS) is 11.4. The van der Waals surface area contributed by atoms with Crippen molar-refractivity contribution < 1.29 is 22.1 Å². The standard InChI is InChI=1S/C20H15FN4O4S/c1-12-16(11-23-29-12)20(26)24-13-4-6-14(7-5-13)25-30(27,28)18-9-8-17(21)19-15(18)3-2-10-22-19/h2-11,25H,1H3,(H,24,26). The molecule has 4 rings (SSSR count). The molecule has 0 saturated heterocycles. The van der Waals surface area contributed by atoms with Crippen LogP contribution >= 0.6 is 0 Å². The van der Waals surface area contributed by atoms with Crippen molar-refractivity contribution >= 4 is 38.2 Å². The fourth-order valence-electron chi connectivity index (χ4n) is 2.89. The van der Waals surface area contributed by atoms with E-state index in [0.717, 1.165) is 6.07 Å². The summed E-state index contributed by atoms with van der Waals surface area (Å²) < 4.78 is 46.9. The van der Waals surface area contributed by atoms with Crippen LogP contribution in [0.3, 0.4) is 0 Å². The van der Waals surface area contributed by atoms with Crippen LogP contribution in [-0.2, 0) is 10.0 Å². The van der Waals surface area contributed by atoms with Gasteiger partial charge in [0.15, 0.2) is 0 Å². The molecule has 2 aromatic carbocycles. The first-order valence-electron chi connectivity index (χ1n) is 8.74. The highest BCUT2D eigenvalue weighted by Crippen LogP contribution is 2.26. The van der Waals surface area contributed by atoms with Gasteiger partial charge in [-0.05, 0) is 55.5 Å². The molecule has 2 aromatic heterocycles. The van der Waals surface area contributed by atoms with Crippen molar-refractivity contribution in [2.75, 3.05) is 10.0 Å². The number of rotatable bonds is 5. The van der Waals surface area contributed by atoms with Gasteiger partial charge in [-0.1, -0.05) is 5.16 Å². The van der Waals surface area contributed by atoms with Gasteiger partial charge < -0.3 is 9.84 Å². The molecule has 4 aromatic rings. The maximum Gasteiger partial charge on any atom is 0.262 e. The molecule has 2 heterocycles. The molecular formula is C20H15FN4O4S. The Hall–Kier alpha value is -3.79. The number of carbonyl (C=O) groups is 1. The Labute approximate surface area is 170 Å². The van der Waals surface area contributed by atoms with Crippen LogP contribution in [0.1, 0.15) is 16.1 Å². The molecule has 0 atom stereocenters. The fourth-order valence-corrected chi connectivity index (χ4v) is 4.15. The van der Waals surface area contributed by atoms with E-state index in [-0.39, 0.29) is 21.5 Å². The number of aromatic nitrogens is 2. The number of halogens is 1. The van der Waals surface area contributed by atoms with Crippen molar-refractivity contribution in [1.82, 2.24) is 10.1 Å². The number of carbonyl (C=O) groups excluding carboxylic acids is 1. The zero-order valence-electron chi connectivity index (χ0n) is 15.6. The Bertz CT molecular complexity index is 1350. The molecular weight excluding hydrogens is 411 g/mol. The minimum absolute atomic E-state index is 0.0255. The summed E-state index contributed by atoms with van der Waals surface area (Å²) in [6.45, 7) is 1.62. The van der Waals surface area contributed by atoms with Gasteiger partial charge in [-0.3, -0.25) is 14.5 Å². The molecule has 0 aliphatic heterocycles. The first kappa shape index (κ1) is 19.5. The summed E-state index contributed by atoms with van der Waals surface area (Å²) in [5.41, 5.74) is 1.01. The second-order valence-corrected chi connectivity index (χ2v) is 8.03. The van der Waals surface area contributed by atoms with Gasteiger partial charge in [-0.2, -0.15) is 0 Å². The Morgan fingerprint density at radius 1 is 1.07 bits per heavy atom. The van der Waals surface area contributed by atoms with E-state index in [4.69, 9.17) is 4.52 Å². The quantitative estimate of drug-likeness (QED) is 0.503. The average Bonchev–Trinajstić information content (AvgIpc) is 3.15. The maximum absolute atomic E-state index is 13.9. The zero-order chi connectivity index (χ0) is 21.3. The van der Waals surface area contributed by atoms with E-state index in [0.29, 0.717) is 17.0 Å². The van der Waals surface area contributed by atoms with Crippen molar-refractivity contribution in [3.05, 3.63) is 78.1 Å². The SMILES string of the molecule is Cc1oncc1C(=O)Nc1ccc(NS(=O)(=O)c2ccc(F)c3ncccc23)cc1. The van der Waals surface area contributed by atoms with Crippen LogP contribution in [0.5, 0.6) is 0 Å². The van der Waals surface area contributed by atoms with Gasteiger partial charge in [0, 0.05) is 23.0 Å². The number of amides is 1. The van der Waals surface area contributed by atoms with Gasteiger partial charge in [-0.15, -0.1) is 0 Å². The van der Waals surface area contributed by atoms with E-state index >= 15 is 0 Å². The second kappa shape index (κ2) is 7.56. The van der Waals surface area contributed by atoms with Crippen LogP contribution in [0.4, 0.5) is 15.8 Å². The lowest BCUT2D eigenvalue weighted by Crippen LogP contribution is -2.14. The molecule has 0 aliphatic rings. The lowest BCUT2D eigenvalue weighted by molar-refractivity contribution is 0.102. The molecule has 0 unspecified atom stereocenters. The van der Waals surface area contributed by atoms with Gasteiger partial charge in [0.2, 0.25) is 0 Å².